The van der Waals surface area contributed by atoms with Crippen LogP contribution in [-0.4, -0.2) is 69.1 Å². The molecule has 3 aromatic rings. The highest BCUT2D eigenvalue weighted by Crippen LogP contribution is 2.33. The van der Waals surface area contributed by atoms with Crippen LogP contribution in [0.3, 0.4) is 0 Å². The lowest BCUT2D eigenvalue weighted by Gasteiger charge is -2.35. The van der Waals surface area contributed by atoms with E-state index < -0.39 is 22.6 Å². The second-order valence-electron chi connectivity index (χ2n) is 11.2. The Morgan fingerprint density at radius 1 is 1.02 bits per heavy atom. The van der Waals surface area contributed by atoms with E-state index in [2.05, 4.69) is 27.4 Å². The van der Waals surface area contributed by atoms with E-state index in [0.29, 0.717) is 23.0 Å². The van der Waals surface area contributed by atoms with Crippen molar-refractivity contribution in [2.75, 3.05) is 43.6 Å². The first-order valence-corrected chi connectivity index (χ1v) is 16.2. The number of aromatic nitrogens is 1. The third-order valence-corrected chi connectivity index (χ3v) is 9.29. The third-order valence-electron chi connectivity index (χ3n) is 8.18. The first-order valence-electron chi connectivity index (χ1n) is 14.3. The quantitative estimate of drug-likeness (QED) is 0.313. The Morgan fingerprint density at radius 2 is 1.76 bits per heavy atom. The van der Waals surface area contributed by atoms with Gasteiger partial charge in [0.2, 0.25) is 0 Å². The smallest absolute Gasteiger partial charge is 0.406 e. The van der Waals surface area contributed by atoms with Gasteiger partial charge in [0, 0.05) is 35.5 Å². The Hall–Kier alpha value is -3.36. The number of rotatable bonds is 8. The van der Waals surface area contributed by atoms with Gasteiger partial charge in [-0.15, -0.1) is 0 Å². The van der Waals surface area contributed by atoms with Crippen LogP contribution in [0.25, 0.3) is 10.9 Å². The van der Waals surface area contributed by atoms with Crippen molar-refractivity contribution in [1.82, 2.24) is 9.47 Å². The normalized spacial score (nSPS) is 19.8. The fourth-order valence-corrected chi connectivity index (χ4v) is 6.73. The fraction of sp³-hybridized carbons (Fsp3) is 0.484. The molecule has 7 nitrogen and oxygen atoms in total. The summed E-state index contributed by atoms with van der Waals surface area (Å²) in [6.45, 7) is 1.36. The molecule has 1 aliphatic heterocycles. The van der Waals surface area contributed by atoms with E-state index >= 15 is 0 Å². The third kappa shape index (κ3) is 7.16. The number of alkyl halides is 3. The predicted octanol–water partition coefficient (Wildman–Crippen LogP) is 5.90. The average molecular weight is 603 g/mol. The highest BCUT2D eigenvalue weighted by atomic mass is 32.2. The van der Waals surface area contributed by atoms with Crippen molar-refractivity contribution in [2.45, 2.75) is 68.2 Å². The van der Waals surface area contributed by atoms with Gasteiger partial charge in [0.1, 0.15) is 12.3 Å². The fourth-order valence-electron chi connectivity index (χ4n) is 6.10. The molecular weight excluding hydrogens is 565 g/mol. The zero-order valence-corrected chi connectivity index (χ0v) is 24.7. The molecule has 11 heteroatoms. The monoisotopic (exact) mass is 602 g/mol. The average Bonchev–Trinajstić information content (AvgIpc) is 3.60. The SMILES string of the molecule is COc1cc(S(C)(=O)=O)ccc1NCC#Cc1cc2c(NC3CCC(N4CCCC4)CC3)cccc2n1CC(F)(F)F. The Bertz CT molecular complexity index is 1580. The van der Waals surface area contributed by atoms with E-state index in [1.807, 2.05) is 6.07 Å². The lowest BCUT2D eigenvalue weighted by Crippen LogP contribution is -2.38. The number of sulfone groups is 1. The van der Waals surface area contributed by atoms with Crippen molar-refractivity contribution in [2.24, 2.45) is 0 Å². The summed E-state index contributed by atoms with van der Waals surface area (Å²) in [6, 6.07) is 12.5. The number of nitrogens with one attached hydrogen (secondary N) is 2. The van der Waals surface area contributed by atoms with Crippen LogP contribution < -0.4 is 15.4 Å². The molecule has 2 fully saturated rings. The maximum absolute atomic E-state index is 13.6. The first kappa shape index (κ1) is 30.1. The van der Waals surface area contributed by atoms with Crippen molar-refractivity contribution in [3.63, 3.8) is 0 Å². The van der Waals surface area contributed by atoms with Gasteiger partial charge in [0.25, 0.3) is 0 Å². The molecule has 2 heterocycles. The van der Waals surface area contributed by atoms with E-state index in [1.165, 1.54) is 49.7 Å². The van der Waals surface area contributed by atoms with Gasteiger partial charge in [-0.2, -0.15) is 13.2 Å². The van der Waals surface area contributed by atoms with Crippen molar-refractivity contribution in [3.8, 4) is 17.6 Å². The second kappa shape index (κ2) is 12.5. The van der Waals surface area contributed by atoms with Crippen LogP contribution in [0, 0.1) is 11.8 Å². The summed E-state index contributed by atoms with van der Waals surface area (Å²) in [5.41, 5.74) is 2.12. The maximum Gasteiger partial charge on any atom is 0.406 e. The zero-order valence-electron chi connectivity index (χ0n) is 23.9. The van der Waals surface area contributed by atoms with Gasteiger partial charge in [-0.1, -0.05) is 12.0 Å². The van der Waals surface area contributed by atoms with E-state index in [1.54, 1.807) is 24.3 Å². The van der Waals surface area contributed by atoms with Crippen molar-refractivity contribution >= 4 is 32.1 Å². The molecule has 0 unspecified atom stereocenters. The Morgan fingerprint density at radius 3 is 2.43 bits per heavy atom. The summed E-state index contributed by atoms with van der Waals surface area (Å²) in [6.07, 6.45) is 3.60. The Balaban J connectivity index is 1.34. The first-order chi connectivity index (χ1) is 20.0. The molecular formula is C31H37F3N4O3S. The molecule has 2 N–H and O–H groups in total. The van der Waals surface area contributed by atoms with Crippen LogP contribution in [0.4, 0.5) is 24.5 Å². The largest absolute Gasteiger partial charge is 0.495 e. The molecule has 5 rings (SSSR count). The van der Waals surface area contributed by atoms with Crippen LogP contribution in [0.2, 0.25) is 0 Å². The van der Waals surface area contributed by atoms with Gasteiger partial charge < -0.3 is 24.8 Å². The molecule has 0 radical (unpaired) electrons. The van der Waals surface area contributed by atoms with Crippen LogP contribution in [0.5, 0.6) is 5.75 Å². The summed E-state index contributed by atoms with van der Waals surface area (Å²) in [7, 11) is -1.97. The number of hydrogen-bond donors (Lipinski definition) is 2. The van der Waals surface area contributed by atoms with Crippen molar-refractivity contribution < 1.29 is 26.3 Å². The topological polar surface area (TPSA) is 75.6 Å². The lowest BCUT2D eigenvalue weighted by molar-refractivity contribution is -0.140. The molecule has 42 heavy (non-hydrogen) atoms. The molecule has 0 spiro atoms. The second-order valence-corrected chi connectivity index (χ2v) is 13.2. The van der Waals surface area contributed by atoms with E-state index in [-0.39, 0.29) is 23.2 Å². The van der Waals surface area contributed by atoms with E-state index in [4.69, 9.17) is 4.74 Å². The number of likely N-dealkylation sites (tertiary alicyclic amines) is 1. The van der Waals surface area contributed by atoms with Crippen molar-refractivity contribution in [3.05, 3.63) is 48.2 Å². The summed E-state index contributed by atoms with van der Waals surface area (Å²) >= 11 is 0. The number of methoxy groups -OCH3 is 1. The highest BCUT2D eigenvalue weighted by molar-refractivity contribution is 7.90. The van der Waals surface area contributed by atoms with E-state index in [0.717, 1.165) is 43.0 Å². The standard InChI is InChI=1S/C31H37F3N4O3S/c1-41-30-20-25(42(2,39)40)14-15-28(30)35-16-6-7-24-19-26-27(8-5-9-29(26)38(24)21-31(32,33)34)36-22-10-12-23(13-11-22)37-17-3-4-18-37/h5,8-9,14-15,19-20,22-23,35-36H,3-4,10-13,16-18,21H2,1-2H3. The molecule has 0 amide bonds. The summed E-state index contributed by atoms with van der Waals surface area (Å²) in [5, 5.41) is 7.41. The van der Waals surface area contributed by atoms with Gasteiger partial charge >= 0.3 is 6.18 Å². The number of fused-ring (bicyclic) bond motifs is 1. The number of halogens is 3. The molecule has 2 aliphatic rings. The number of hydrogen-bond acceptors (Lipinski definition) is 6. The molecule has 1 aliphatic carbocycles. The molecule has 1 saturated carbocycles. The van der Waals surface area contributed by atoms with Crippen LogP contribution in [-0.2, 0) is 16.4 Å². The summed E-state index contributed by atoms with van der Waals surface area (Å²) in [5.74, 6) is 6.16. The molecule has 0 bridgehead atoms. The number of anilines is 2. The van der Waals surface area contributed by atoms with Crippen LogP contribution in [0.1, 0.15) is 44.2 Å². The summed E-state index contributed by atoms with van der Waals surface area (Å²) < 4.78 is 71.1. The number of nitrogens with zero attached hydrogens (tertiary/aromatic N) is 2. The molecule has 1 saturated heterocycles. The Kier molecular flexibility index (Phi) is 8.94. The summed E-state index contributed by atoms with van der Waals surface area (Å²) in [4.78, 5) is 2.73. The van der Waals surface area contributed by atoms with Gasteiger partial charge in [-0.25, -0.2) is 8.42 Å². The minimum atomic E-state index is -4.41. The number of ether oxygens (including phenoxy) is 1. The van der Waals surface area contributed by atoms with E-state index in [9.17, 15) is 21.6 Å². The molecule has 1 aromatic heterocycles. The van der Waals surface area contributed by atoms with Gasteiger partial charge in [-0.3, -0.25) is 0 Å². The molecule has 0 atom stereocenters. The Labute approximate surface area is 245 Å². The lowest BCUT2D eigenvalue weighted by atomic mass is 9.90. The van der Waals surface area contributed by atoms with Crippen LogP contribution in [0.15, 0.2) is 47.4 Å². The van der Waals surface area contributed by atoms with Gasteiger partial charge in [-0.05, 0) is 87.9 Å². The zero-order chi connectivity index (χ0) is 29.9. The predicted molar refractivity (Wildman–Crippen MR) is 160 cm³/mol. The maximum atomic E-state index is 13.6. The van der Waals surface area contributed by atoms with Gasteiger partial charge in [0.15, 0.2) is 9.84 Å². The molecule has 2 aromatic carbocycles. The number of benzene rings is 2. The van der Waals surface area contributed by atoms with Crippen LogP contribution >= 0.6 is 0 Å². The minimum absolute atomic E-state index is 0.119. The highest BCUT2D eigenvalue weighted by Gasteiger charge is 2.31. The molecule has 226 valence electrons. The van der Waals surface area contributed by atoms with Gasteiger partial charge in [0.05, 0.1) is 35.4 Å². The van der Waals surface area contributed by atoms with Crippen molar-refractivity contribution in [1.29, 1.82) is 0 Å². The minimum Gasteiger partial charge on any atom is -0.495 e.